The monoisotopic (exact) mass is 216 g/mol. The summed E-state index contributed by atoms with van der Waals surface area (Å²) in [4.78, 5) is 0. The zero-order chi connectivity index (χ0) is 11.1. The van der Waals surface area contributed by atoms with Gasteiger partial charge in [-0.3, -0.25) is 0 Å². The highest BCUT2D eigenvalue weighted by atomic mass is 16.5. The summed E-state index contributed by atoms with van der Waals surface area (Å²) in [6.45, 7) is 3.98. The fraction of sp³-hybridized carbons (Fsp3) is 0.385. The van der Waals surface area contributed by atoms with Crippen molar-refractivity contribution >= 4 is 10.9 Å². The van der Waals surface area contributed by atoms with E-state index in [4.69, 9.17) is 4.74 Å². The second-order valence-corrected chi connectivity index (χ2v) is 4.39. The number of hydrogen-bond acceptors (Lipinski definition) is 2. The Morgan fingerprint density at radius 3 is 3.19 bits per heavy atom. The van der Waals surface area contributed by atoms with Crippen molar-refractivity contribution in [2.24, 2.45) is 0 Å². The molecule has 0 radical (unpaired) electrons. The molecule has 0 saturated heterocycles. The number of nitrogens with one attached hydrogen (secondary N) is 1. The molecule has 2 heterocycles. The molecule has 0 bridgehead atoms. The summed E-state index contributed by atoms with van der Waals surface area (Å²) in [6, 6.07) is 8.48. The molecular formula is C13H16N2O. The van der Waals surface area contributed by atoms with Crippen LogP contribution in [0.3, 0.4) is 0 Å². The van der Waals surface area contributed by atoms with Crippen LogP contribution in [0.1, 0.15) is 5.69 Å². The summed E-state index contributed by atoms with van der Waals surface area (Å²) in [7, 11) is 1.96. The number of benzene rings is 1. The summed E-state index contributed by atoms with van der Waals surface area (Å²) >= 11 is 0. The Hall–Kier alpha value is -1.48. The zero-order valence-electron chi connectivity index (χ0n) is 9.66. The molecule has 16 heavy (non-hydrogen) atoms. The number of rotatable bonds is 2. The Morgan fingerprint density at radius 2 is 2.38 bits per heavy atom. The Kier molecular flexibility index (Phi) is 2.14. The van der Waals surface area contributed by atoms with Crippen molar-refractivity contribution < 1.29 is 4.74 Å². The number of hydrogen-bond donors (Lipinski definition) is 1. The van der Waals surface area contributed by atoms with Gasteiger partial charge in [-0.2, -0.15) is 0 Å². The first-order valence-corrected chi connectivity index (χ1v) is 5.69. The highest BCUT2D eigenvalue weighted by molar-refractivity contribution is 5.87. The minimum Gasteiger partial charge on any atom is -0.485 e. The normalized spacial score (nSPS) is 18.8. The van der Waals surface area contributed by atoms with Crippen LogP contribution < -0.4 is 10.1 Å². The lowest BCUT2D eigenvalue weighted by Gasteiger charge is -2.26. The zero-order valence-corrected chi connectivity index (χ0v) is 9.66. The highest BCUT2D eigenvalue weighted by Gasteiger charge is 2.22. The molecule has 0 amide bonds. The van der Waals surface area contributed by atoms with Crippen molar-refractivity contribution in [1.29, 1.82) is 0 Å². The minimum absolute atomic E-state index is 0.231. The molecule has 1 N–H and O–H groups in total. The lowest BCUT2D eigenvalue weighted by atomic mass is 10.2. The van der Waals surface area contributed by atoms with Crippen LogP contribution in [0.2, 0.25) is 0 Å². The largest absolute Gasteiger partial charge is 0.485 e. The van der Waals surface area contributed by atoms with Gasteiger partial charge in [0, 0.05) is 17.6 Å². The van der Waals surface area contributed by atoms with E-state index in [0.29, 0.717) is 0 Å². The van der Waals surface area contributed by atoms with Gasteiger partial charge >= 0.3 is 0 Å². The Labute approximate surface area is 95.0 Å². The second kappa shape index (κ2) is 3.52. The van der Waals surface area contributed by atoms with Gasteiger partial charge in [0.25, 0.3) is 0 Å². The van der Waals surface area contributed by atoms with E-state index in [1.54, 1.807) is 0 Å². The molecule has 0 aliphatic carbocycles. The van der Waals surface area contributed by atoms with Crippen molar-refractivity contribution in [3.8, 4) is 5.75 Å². The number of aromatic nitrogens is 1. The lowest BCUT2D eigenvalue weighted by Crippen LogP contribution is -2.35. The smallest absolute Gasteiger partial charge is 0.144 e. The van der Waals surface area contributed by atoms with Crippen LogP contribution in [0, 0.1) is 6.92 Å². The van der Waals surface area contributed by atoms with E-state index >= 15 is 0 Å². The number of aryl methyl sites for hydroxylation is 1. The van der Waals surface area contributed by atoms with E-state index in [2.05, 4.69) is 41.1 Å². The van der Waals surface area contributed by atoms with E-state index in [-0.39, 0.29) is 6.10 Å². The summed E-state index contributed by atoms with van der Waals surface area (Å²) in [6.07, 6.45) is 0.231. The van der Waals surface area contributed by atoms with Crippen molar-refractivity contribution in [1.82, 2.24) is 9.88 Å². The van der Waals surface area contributed by atoms with Crippen molar-refractivity contribution in [2.45, 2.75) is 19.6 Å². The summed E-state index contributed by atoms with van der Waals surface area (Å²) in [5.41, 5.74) is 2.55. The van der Waals surface area contributed by atoms with Gasteiger partial charge in [0.05, 0.1) is 12.1 Å². The van der Waals surface area contributed by atoms with E-state index < -0.39 is 0 Å². The number of para-hydroxylation sites is 1. The SMILES string of the molecule is CNCC1Cn2c(C)cc3cccc(c32)O1. The van der Waals surface area contributed by atoms with Gasteiger partial charge in [-0.25, -0.2) is 0 Å². The standard InChI is InChI=1S/C13H16N2O/c1-9-6-10-4-3-5-12-13(10)15(9)8-11(16-12)7-14-2/h3-6,11,14H,7-8H2,1-2H3. The van der Waals surface area contributed by atoms with Gasteiger partial charge < -0.3 is 14.6 Å². The average molecular weight is 216 g/mol. The molecule has 0 saturated carbocycles. The first kappa shape index (κ1) is 9.73. The number of nitrogens with zero attached hydrogens (tertiary/aromatic N) is 1. The molecule has 1 aromatic heterocycles. The third-order valence-electron chi connectivity index (χ3n) is 3.20. The average Bonchev–Trinajstić information content (AvgIpc) is 2.58. The molecular weight excluding hydrogens is 200 g/mol. The lowest BCUT2D eigenvalue weighted by molar-refractivity contribution is 0.170. The van der Waals surface area contributed by atoms with E-state index in [9.17, 15) is 0 Å². The molecule has 1 aliphatic rings. The van der Waals surface area contributed by atoms with Gasteiger partial charge in [0.1, 0.15) is 11.9 Å². The Bertz CT molecular complexity index is 530. The number of likely N-dealkylation sites (N-methyl/N-ethyl adjacent to an activating group) is 1. The Morgan fingerprint density at radius 1 is 1.50 bits per heavy atom. The fourth-order valence-corrected chi connectivity index (χ4v) is 2.51. The van der Waals surface area contributed by atoms with Crippen molar-refractivity contribution in [3.63, 3.8) is 0 Å². The Balaban J connectivity index is 2.14. The molecule has 1 aliphatic heterocycles. The van der Waals surface area contributed by atoms with E-state index in [1.807, 2.05) is 7.05 Å². The topological polar surface area (TPSA) is 26.2 Å². The molecule has 2 aromatic rings. The molecule has 0 fully saturated rings. The van der Waals surface area contributed by atoms with E-state index in [1.165, 1.54) is 16.6 Å². The van der Waals surface area contributed by atoms with Crippen molar-refractivity contribution in [3.05, 3.63) is 30.0 Å². The molecule has 3 rings (SSSR count). The molecule has 3 heteroatoms. The molecule has 1 unspecified atom stereocenters. The summed E-state index contributed by atoms with van der Waals surface area (Å²) in [5.74, 6) is 1.01. The summed E-state index contributed by atoms with van der Waals surface area (Å²) in [5, 5.41) is 4.45. The predicted octanol–water partition coefficient (Wildman–Crippen LogP) is 1.93. The van der Waals surface area contributed by atoms with Crippen LogP contribution in [0.15, 0.2) is 24.3 Å². The quantitative estimate of drug-likeness (QED) is 0.830. The maximum absolute atomic E-state index is 5.97. The van der Waals surface area contributed by atoms with Crippen molar-refractivity contribution in [2.75, 3.05) is 13.6 Å². The summed E-state index contributed by atoms with van der Waals surface area (Å²) < 4.78 is 8.33. The van der Waals surface area contributed by atoms with Crippen LogP contribution in [0.25, 0.3) is 10.9 Å². The van der Waals surface area contributed by atoms with Gasteiger partial charge in [0.15, 0.2) is 0 Å². The van der Waals surface area contributed by atoms with Crippen LogP contribution in [0.4, 0.5) is 0 Å². The maximum Gasteiger partial charge on any atom is 0.144 e. The van der Waals surface area contributed by atoms with Crippen LogP contribution in [-0.4, -0.2) is 24.3 Å². The first-order valence-electron chi connectivity index (χ1n) is 5.69. The molecule has 0 spiro atoms. The van der Waals surface area contributed by atoms with Crippen LogP contribution in [0.5, 0.6) is 5.75 Å². The van der Waals surface area contributed by atoms with Gasteiger partial charge in [-0.15, -0.1) is 0 Å². The van der Waals surface area contributed by atoms with Crippen LogP contribution in [-0.2, 0) is 6.54 Å². The maximum atomic E-state index is 5.97. The molecule has 84 valence electrons. The third-order valence-corrected chi connectivity index (χ3v) is 3.20. The first-order chi connectivity index (χ1) is 7.79. The van der Waals surface area contributed by atoms with E-state index in [0.717, 1.165) is 18.8 Å². The molecule has 1 atom stereocenters. The molecule has 3 nitrogen and oxygen atoms in total. The third kappa shape index (κ3) is 1.32. The van der Waals surface area contributed by atoms with Gasteiger partial charge in [0.2, 0.25) is 0 Å². The minimum atomic E-state index is 0.231. The molecule has 1 aromatic carbocycles. The van der Waals surface area contributed by atoms with Crippen LogP contribution >= 0.6 is 0 Å². The number of ether oxygens (including phenoxy) is 1. The highest BCUT2D eigenvalue weighted by Crippen LogP contribution is 2.32. The second-order valence-electron chi connectivity index (χ2n) is 4.39. The predicted molar refractivity (Wildman–Crippen MR) is 65.0 cm³/mol. The van der Waals surface area contributed by atoms with Gasteiger partial charge in [-0.05, 0) is 26.1 Å². The fourth-order valence-electron chi connectivity index (χ4n) is 2.51. The van der Waals surface area contributed by atoms with Gasteiger partial charge in [-0.1, -0.05) is 12.1 Å².